The lowest BCUT2D eigenvalue weighted by Gasteiger charge is -2.23. The Hall–Kier alpha value is -1.14. The number of carboxylic acids is 1. The summed E-state index contributed by atoms with van der Waals surface area (Å²) in [6.07, 6.45) is 0.484. The molecule has 1 heterocycles. The van der Waals surface area contributed by atoms with E-state index >= 15 is 0 Å². The lowest BCUT2D eigenvalue weighted by Crippen LogP contribution is -2.31. The van der Waals surface area contributed by atoms with E-state index < -0.39 is 23.6 Å². The van der Waals surface area contributed by atoms with Crippen molar-refractivity contribution >= 4 is 11.9 Å². The van der Waals surface area contributed by atoms with Crippen LogP contribution in [0.3, 0.4) is 0 Å². The number of rotatable bonds is 5. The molecule has 92 valence electrons. The molecule has 0 aromatic rings. The van der Waals surface area contributed by atoms with Crippen molar-refractivity contribution in [1.82, 2.24) is 0 Å². The van der Waals surface area contributed by atoms with Gasteiger partial charge in [0, 0.05) is 6.42 Å². The van der Waals surface area contributed by atoms with Crippen LogP contribution in [0, 0.1) is 5.92 Å². The highest BCUT2D eigenvalue weighted by atomic mass is 16.7. The average Bonchev–Trinajstić information content (AvgIpc) is 2.65. The zero-order chi connectivity index (χ0) is 12.2. The molecule has 1 aliphatic heterocycles. The van der Waals surface area contributed by atoms with Gasteiger partial charge >= 0.3 is 11.9 Å². The van der Waals surface area contributed by atoms with Gasteiger partial charge in [-0.05, 0) is 13.3 Å². The number of hydrogen-bond donors (Lipinski definition) is 1. The van der Waals surface area contributed by atoms with Gasteiger partial charge in [-0.25, -0.2) is 0 Å². The standard InChI is InChI=1S/C10H16O6/c1-10(15-5-6-16-10)4-3-7(8(11)12)9(13)14-2/h7H,3-6H2,1-2H3,(H,11,12). The Labute approximate surface area is 93.5 Å². The third kappa shape index (κ3) is 3.18. The van der Waals surface area contributed by atoms with Crippen LogP contribution in [0.4, 0.5) is 0 Å². The Morgan fingerprint density at radius 1 is 1.44 bits per heavy atom. The molecule has 1 N–H and O–H groups in total. The van der Waals surface area contributed by atoms with Crippen LogP contribution in [-0.4, -0.2) is 43.2 Å². The molecular formula is C10H16O6. The summed E-state index contributed by atoms with van der Waals surface area (Å²) in [5.41, 5.74) is 0. The van der Waals surface area contributed by atoms with Gasteiger partial charge in [0.05, 0.1) is 20.3 Å². The van der Waals surface area contributed by atoms with E-state index in [4.69, 9.17) is 14.6 Å². The molecule has 1 atom stereocenters. The molecule has 0 bridgehead atoms. The summed E-state index contributed by atoms with van der Waals surface area (Å²) in [5.74, 6) is -3.86. The predicted molar refractivity (Wildman–Crippen MR) is 52.7 cm³/mol. The Morgan fingerprint density at radius 2 is 2.00 bits per heavy atom. The van der Waals surface area contributed by atoms with Gasteiger partial charge in [-0.1, -0.05) is 0 Å². The van der Waals surface area contributed by atoms with Crippen molar-refractivity contribution in [3.8, 4) is 0 Å². The molecule has 1 unspecified atom stereocenters. The fourth-order valence-corrected chi connectivity index (χ4v) is 1.59. The first-order chi connectivity index (χ1) is 7.48. The van der Waals surface area contributed by atoms with Gasteiger partial charge in [-0.2, -0.15) is 0 Å². The summed E-state index contributed by atoms with van der Waals surface area (Å²) in [7, 11) is 1.17. The first-order valence-corrected chi connectivity index (χ1v) is 5.07. The highest BCUT2D eigenvalue weighted by Crippen LogP contribution is 2.26. The van der Waals surface area contributed by atoms with Crippen LogP contribution in [-0.2, 0) is 23.8 Å². The lowest BCUT2D eigenvalue weighted by molar-refractivity contribution is -0.164. The molecule has 6 nitrogen and oxygen atoms in total. The second-order valence-corrected chi connectivity index (χ2v) is 3.78. The van der Waals surface area contributed by atoms with E-state index in [1.54, 1.807) is 6.92 Å². The number of methoxy groups -OCH3 is 1. The number of carbonyl (C=O) groups excluding carboxylic acids is 1. The third-order valence-electron chi connectivity index (χ3n) is 2.57. The summed E-state index contributed by atoms with van der Waals surface area (Å²) in [6, 6.07) is 0. The highest BCUT2D eigenvalue weighted by molar-refractivity contribution is 5.93. The smallest absolute Gasteiger partial charge is 0.320 e. The molecule has 0 saturated carbocycles. The fraction of sp³-hybridized carbons (Fsp3) is 0.800. The molecule has 0 spiro atoms. The summed E-state index contributed by atoms with van der Waals surface area (Å²) in [4.78, 5) is 22.0. The van der Waals surface area contributed by atoms with E-state index in [2.05, 4.69) is 4.74 Å². The van der Waals surface area contributed by atoms with Crippen molar-refractivity contribution in [2.24, 2.45) is 5.92 Å². The SMILES string of the molecule is COC(=O)C(CCC1(C)OCCO1)C(=O)O. The van der Waals surface area contributed by atoms with E-state index in [0.717, 1.165) is 0 Å². The Bertz CT molecular complexity index is 268. The molecule has 0 aromatic carbocycles. The molecule has 16 heavy (non-hydrogen) atoms. The number of carboxylic acid groups (broad SMARTS) is 1. The van der Waals surface area contributed by atoms with Crippen molar-refractivity contribution in [2.75, 3.05) is 20.3 Å². The lowest BCUT2D eigenvalue weighted by atomic mass is 10.00. The topological polar surface area (TPSA) is 82.1 Å². The molecule has 1 rings (SSSR count). The van der Waals surface area contributed by atoms with E-state index in [9.17, 15) is 9.59 Å². The van der Waals surface area contributed by atoms with Gasteiger partial charge in [0.1, 0.15) is 0 Å². The molecule has 0 radical (unpaired) electrons. The first kappa shape index (κ1) is 12.9. The fourth-order valence-electron chi connectivity index (χ4n) is 1.59. The average molecular weight is 232 g/mol. The number of aliphatic carboxylic acids is 1. The van der Waals surface area contributed by atoms with Gasteiger partial charge in [0.25, 0.3) is 0 Å². The Kier molecular flexibility index (Phi) is 4.26. The zero-order valence-corrected chi connectivity index (χ0v) is 9.39. The molecule has 0 aromatic heterocycles. The van der Waals surface area contributed by atoms with Crippen molar-refractivity contribution in [1.29, 1.82) is 0 Å². The van der Waals surface area contributed by atoms with Crippen LogP contribution in [0.2, 0.25) is 0 Å². The zero-order valence-electron chi connectivity index (χ0n) is 9.39. The summed E-state index contributed by atoms with van der Waals surface area (Å²) < 4.78 is 15.1. The number of esters is 1. The number of hydrogen-bond acceptors (Lipinski definition) is 5. The van der Waals surface area contributed by atoms with Crippen LogP contribution >= 0.6 is 0 Å². The maximum Gasteiger partial charge on any atom is 0.320 e. The number of carbonyl (C=O) groups is 2. The third-order valence-corrected chi connectivity index (χ3v) is 2.57. The van der Waals surface area contributed by atoms with Crippen LogP contribution in [0.5, 0.6) is 0 Å². The molecular weight excluding hydrogens is 216 g/mol. The van der Waals surface area contributed by atoms with Crippen LogP contribution < -0.4 is 0 Å². The van der Waals surface area contributed by atoms with Crippen molar-refractivity contribution < 1.29 is 28.9 Å². The maximum atomic E-state index is 11.2. The van der Waals surface area contributed by atoms with E-state index in [-0.39, 0.29) is 6.42 Å². The number of ether oxygens (including phenoxy) is 3. The van der Waals surface area contributed by atoms with Crippen molar-refractivity contribution in [2.45, 2.75) is 25.6 Å². The minimum absolute atomic E-state index is 0.137. The molecule has 6 heteroatoms. The Balaban J connectivity index is 2.49. The Morgan fingerprint density at radius 3 is 2.44 bits per heavy atom. The van der Waals surface area contributed by atoms with Gasteiger partial charge < -0.3 is 19.3 Å². The van der Waals surface area contributed by atoms with E-state index in [1.807, 2.05) is 0 Å². The summed E-state index contributed by atoms with van der Waals surface area (Å²) in [6.45, 7) is 2.72. The molecule has 0 aliphatic carbocycles. The molecule has 0 amide bonds. The predicted octanol–water partition coefficient (Wildman–Crippen LogP) is 0.403. The van der Waals surface area contributed by atoms with Gasteiger partial charge in [0.2, 0.25) is 0 Å². The van der Waals surface area contributed by atoms with Crippen LogP contribution in [0.15, 0.2) is 0 Å². The monoisotopic (exact) mass is 232 g/mol. The largest absolute Gasteiger partial charge is 0.481 e. The maximum absolute atomic E-state index is 11.2. The van der Waals surface area contributed by atoms with Crippen LogP contribution in [0.1, 0.15) is 19.8 Å². The van der Waals surface area contributed by atoms with E-state index in [1.165, 1.54) is 7.11 Å². The second kappa shape index (κ2) is 5.27. The minimum atomic E-state index is -1.19. The normalized spacial score (nSPS) is 20.4. The summed E-state index contributed by atoms with van der Waals surface area (Å²) >= 11 is 0. The molecule has 1 aliphatic rings. The second-order valence-electron chi connectivity index (χ2n) is 3.78. The first-order valence-electron chi connectivity index (χ1n) is 5.07. The highest BCUT2D eigenvalue weighted by Gasteiger charge is 2.35. The van der Waals surface area contributed by atoms with Crippen LogP contribution in [0.25, 0.3) is 0 Å². The van der Waals surface area contributed by atoms with E-state index in [0.29, 0.717) is 19.6 Å². The van der Waals surface area contributed by atoms with Gasteiger partial charge in [-0.15, -0.1) is 0 Å². The molecule has 1 saturated heterocycles. The molecule has 1 fully saturated rings. The van der Waals surface area contributed by atoms with Gasteiger partial charge in [-0.3, -0.25) is 9.59 Å². The van der Waals surface area contributed by atoms with Crippen molar-refractivity contribution in [3.63, 3.8) is 0 Å². The summed E-state index contributed by atoms with van der Waals surface area (Å²) in [5, 5.41) is 8.85. The van der Waals surface area contributed by atoms with Gasteiger partial charge in [0.15, 0.2) is 11.7 Å². The minimum Gasteiger partial charge on any atom is -0.481 e. The van der Waals surface area contributed by atoms with Crippen molar-refractivity contribution in [3.05, 3.63) is 0 Å². The quantitative estimate of drug-likeness (QED) is 0.546.